The average Bonchev–Trinajstić information content (AvgIpc) is 2.76. The smallest absolute Gasteiger partial charge is 0.335 e. The van der Waals surface area contributed by atoms with Gasteiger partial charge in [-0.2, -0.15) is 0 Å². The van der Waals surface area contributed by atoms with Crippen LogP contribution in [0.5, 0.6) is 0 Å². The molecule has 6 heteroatoms. The number of aromatic nitrogens is 1. The molecule has 2 heterocycles. The maximum Gasteiger partial charge on any atom is 0.335 e. The minimum absolute atomic E-state index is 0.0935. The van der Waals surface area contributed by atoms with Crippen LogP contribution in [0.4, 0.5) is 5.82 Å². The maximum atomic E-state index is 11.9. The Labute approximate surface area is 104 Å². The minimum atomic E-state index is -1.05. The Balaban J connectivity index is 2.07. The first kappa shape index (κ1) is 12.5. The highest BCUT2D eigenvalue weighted by atomic mass is 16.5. The zero-order chi connectivity index (χ0) is 13.1. The summed E-state index contributed by atoms with van der Waals surface area (Å²) in [4.78, 5) is 26.6. The van der Waals surface area contributed by atoms with E-state index >= 15 is 0 Å². The van der Waals surface area contributed by atoms with E-state index in [1.54, 1.807) is 0 Å². The fourth-order valence-electron chi connectivity index (χ4n) is 1.93. The predicted octanol–water partition coefficient (Wildman–Crippen LogP) is 1.14. The number of nitrogens with one attached hydrogen (secondary N) is 1. The molecular weight excluding hydrogens is 236 g/mol. The summed E-state index contributed by atoms with van der Waals surface area (Å²) in [6, 6.07) is 2.71. The highest BCUT2D eigenvalue weighted by molar-refractivity contribution is 5.94. The molecule has 0 radical (unpaired) electrons. The van der Waals surface area contributed by atoms with Crippen LogP contribution in [0.15, 0.2) is 18.3 Å². The predicted molar refractivity (Wildman–Crippen MR) is 63.3 cm³/mol. The van der Waals surface area contributed by atoms with Crippen molar-refractivity contribution in [3.05, 3.63) is 23.9 Å². The number of nitrogens with zero attached hydrogens (tertiary/aromatic N) is 1. The zero-order valence-electron chi connectivity index (χ0n) is 9.92. The molecule has 1 fully saturated rings. The molecular formula is C12H14N2O4. The van der Waals surface area contributed by atoms with Gasteiger partial charge >= 0.3 is 5.97 Å². The van der Waals surface area contributed by atoms with Crippen molar-refractivity contribution in [1.82, 2.24) is 4.98 Å². The molecule has 1 amide bonds. The lowest BCUT2D eigenvalue weighted by atomic mass is 10.0. The van der Waals surface area contributed by atoms with Gasteiger partial charge in [-0.25, -0.2) is 9.78 Å². The van der Waals surface area contributed by atoms with Gasteiger partial charge in [0.1, 0.15) is 5.82 Å². The number of carbonyl (C=O) groups excluding carboxylic acids is 1. The fraction of sp³-hybridized carbons (Fsp3) is 0.417. The molecule has 18 heavy (non-hydrogen) atoms. The van der Waals surface area contributed by atoms with Gasteiger partial charge in [-0.3, -0.25) is 4.79 Å². The molecule has 96 valence electrons. The highest BCUT2D eigenvalue weighted by Gasteiger charge is 2.30. The number of carboxylic acid groups (broad SMARTS) is 1. The number of rotatable bonds is 3. The van der Waals surface area contributed by atoms with Crippen LogP contribution in [0.2, 0.25) is 0 Å². The van der Waals surface area contributed by atoms with Crippen molar-refractivity contribution in [2.45, 2.75) is 19.4 Å². The first-order valence-electron chi connectivity index (χ1n) is 5.70. The van der Waals surface area contributed by atoms with Crippen LogP contribution in [-0.4, -0.2) is 34.7 Å². The van der Waals surface area contributed by atoms with Crippen LogP contribution >= 0.6 is 0 Å². The molecule has 0 saturated carbocycles. The third kappa shape index (κ3) is 2.65. The molecule has 2 unspecified atom stereocenters. The van der Waals surface area contributed by atoms with E-state index in [1.807, 2.05) is 6.92 Å². The molecule has 2 rings (SSSR count). The Morgan fingerprint density at radius 3 is 2.94 bits per heavy atom. The van der Waals surface area contributed by atoms with Crippen LogP contribution < -0.4 is 5.32 Å². The van der Waals surface area contributed by atoms with E-state index in [4.69, 9.17) is 9.84 Å². The van der Waals surface area contributed by atoms with Gasteiger partial charge in [-0.05, 0) is 25.5 Å². The lowest BCUT2D eigenvalue weighted by Crippen LogP contribution is -2.28. The zero-order valence-corrected chi connectivity index (χ0v) is 9.92. The van der Waals surface area contributed by atoms with Gasteiger partial charge in [0.2, 0.25) is 5.91 Å². The number of pyridine rings is 1. The first-order valence-corrected chi connectivity index (χ1v) is 5.70. The number of hydrogen-bond acceptors (Lipinski definition) is 4. The van der Waals surface area contributed by atoms with Gasteiger partial charge in [0.05, 0.1) is 17.6 Å². The molecule has 0 aromatic carbocycles. The van der Waals surface area contributed by atoms with E-state index in [9.17, 15) is 9.59 Å². The number of carboxylic acids is 1. The summed E-state index contributed by atoms with van der Waals surface area (Å²) in [6.45, 7) is 2.42. The molecule has 0 bridgehead atoms. The Bertz CT molecular complexity index is 475. The average molecular weight is 250 g/mol. The van der Waals surface area contributed by atoms with Crippen LogP contribution in [-0.2, 0) is 9.53 Å². The van der Waals surface area contributed by atoms with Gasteiger partial charge in [0.25, 0.3) is 0 Å². The minimum Gasteiger partial charge on any atom is -0.478 e. The number of anilines is 1. The lowest BCUT2D eigenvalue weighted by molar-refractivity contribution is -0.121. The Kier molecular flexibility index (Phi) is 3.57. The van der Waals surface area contributed by atoms with Crippen molar-refractivity contribution in [2.24, 2.45) is 5.92 Å². The standard InChI is InChI=1S/C12H14N2O4/c1-7-9(3-5-18-7)11(15)14-10-6-8(12(16)17)2-4-13-10/h2,4,6-7,9H,3,5H2,1H3,(H,16,17)(H,13,14,15). The number of aromatic carboxylic acids is 1. The molecule has 0 aliphatic carbocycles. The molecule has 1 aromatic rings. The normalized spacial score (nSPS) is 22.7. The fourth-order valence-corrected chi connectivity index (χ4v) is 1.93. The second-order valence-corrected chi connectivity index (χ2v) is 4.20. The summed E-state index contributed by atoms with van der Waals surface area (Å²) < 4.78 is 5.31. The lowest BCUT2D eigenvalue weighted by Gasteiger charge is -2.13. The first-order chi connectivity index (χ1) is 8.58. The molecule has 1 aliphatic rings. The van der Waals surface area contributed by atoms with Gasteiger partial charge in [-0.1, -0.05) is 0 Å². The monoisotopic (exact) mass is 250 g/mol. The van der Waals surface area contributed by atoms with Crippen molar-refractivity contribution in [3.63, 3.8) is 0 Å². The number of ether oxygens (including phenoxy) is 1. The molecule has 2 N–H and O–H groups in total. The van der Waals surface area contributed by atoms with Crippen LogP contribution in [0.3, 0.4) is 0 Å². The summed E-state index contributed by atoms with van der Waals surface area (Å²) in [5.41, 5.74) is 0.0935. The summed E-state index contributed by atoms with van der Waals surface area (Å²) in [7, 11) is 0. The van der Waals surface area contributed by atoms with E-state index in [0.29, 0.717) is 13.0 Å². The number of hydrogen-bond donors (Lipinski definition) is 2. The Morgan fingerprint density at radius 1 is 1.56 bits per heavy atom. The van der Waals surface area contributed by atoms with Gasteiger partial charge < -0.3 is 15.2 Å². The van der Waals surface area contributed by atoms with E-state index in [2.05, 4.69) is 10.3 Å². The molecule has 1 saturated heterocycles. The Hall–Kier alpha value is -1.95. The maximum absolute atomic E-state index is 11.9. The quantitative estimate of drug-likeness (QED) is 0.839. The van der Waals surface area contributed by atoms with Crippen molar-refractivity contribution >= 4 is 17.7 Å². The second-order valence-electron chi connectivity index (χ2n) is 4.20. The third-order valence-corrected chi connectivity index (χ3v) is 2.97. The molecule has 1 aromatic heterocycles. The number of amides is 1. The molecule has 0 spiro atoms. The van der Waals surface area contributed by atoms with E-state index in [1.165, 1.54) is 18.3 Å². The topological polar surface area (TPSA) is 88.5 Å². The second kappa shape index (κ2) is 5.14. The molecule has 6 nitrogen and oxygen atoms in total. The van der Waals surface area contributed by atoms with Crippen molar-refractivity contribution in [3.8, 4) is 0 Å². The third-order valence-electron chi connectivity index (χ3n) is 2.97. The summed E-state index contributed by atoms with van der Waals surface area (Å²) in [6.07, 6.45) is 1.91. The van der Waals surface area contributed by atoms with E-state index in [0.717, 1.165) is 0 Å². The largest absolute Gasteiger partial charge is 0.478 e. The van der Waals surface area contributed by atoms with Crippen LogP contribution in [0.1, 0.15) is 23.7 Å². The van der Waals surface area contributed by atoms with Crippen LogP contribution in [0, 0.1) is 5.92 Å². The van der Waals surface area contributed by atoms with Crippen LogP contribution in [0.25, 0.3) is 0 Å². The van der Waals surface area contributed by atoms with Crippen molar-refractivity contribution in [2.75, 3.05) is 11.9 Å². The summed E-state index contributed by atoms with van der Waals surface area (Å²) in [5.74, 6) is -1.19. The van der Waals surface area contributed by atoms with Gasteiger partial charge in [0.15, 0.2) is 0 Å². The Morgan fingerprint density at radius 2 is 2.33 bits per heavy atom. The summed E-state index contributed by atoms with van der Waals surface area (Å²) in [5, 5.41) is 11.5. The van der Waals surface area contributed by atoms with E-state index < -0.39 is 5.97 Å². The van der Waals surface area contributed by atoms with Gasteiger partial charge in [-0.15, -0.1) is 0 Å². The highest BCUT2D eigenvalue weighted by Crippen LogP contribution is 2.22. The number of carbonyl (C=O) groups is 2. The van der Waals surface area contributed by atoms with E-state index in [-0.39, 0.29) is 29.3 Å². The van der Waals surface area contributed by atoms with Gasteiger partial charge in [0, 0.05) is 12.8 Å². The van der Waals surface area contributed by atoms with Crippen molar-refractivity contribution < 1.29 is 19.4 Å². The summed E-state index contributed by atoms with van der Waals surface area (Å²) >= 11 is 0. The molecule has 1 aliphatic heterocycles. The molecule has 2 atom stereocenters. The van der Waals surface area contributed by atoms with Crippen molar-refractivity contribution in [1.29, 1.82) is 0 Å². The SMILES string of the molecule is CC1OCCC1C(=O)Nc1cc(C(=O)O)ccn1.